The van der Waals surface area contributed by atoms with Crippen LogP contribution in [0.3, 0.4) is 0 Å². The quantitative estimate of drug-likeness (QED) is 0.705. The Morgan fingerprint density at radius 2 is 2.23 bits per heavy atom. The van der Waals surface area contributed by atoms with E-state index in [0.29, 0.717) is 25.4 Å². The van der Waals surface area contributed by atoms with Crippen LogP contribution < -0.4 is 5.56 Å². The normalized spacial score (nSPS) is 17.2. The predicted octanol–water partition coefficient (Wildman–Crippen LogP) is 2.53. The monoisotopic (exact) mass is 356 g/mol. The first-order chi connectivity index (χ1) is 12.7. The predicted molar refractivity (Wildman–Crippen MR) is 94.9 cm³/mol. The maximum atomic E-state index is 13.6. The Labute approximate surface area is 150 Å². The molecule has 0 radical (unpaired) electrons. The Hall–Kier alpha value is -2.54. The van der Waals surface area contributed by atoms with Gasteiger partial charge in [-0.25, -0.2) is 4.39 Å². The molecule has 26 heavy (non-hydrogen) atoms. The van der Waals surface area contributed by atoms with Crippen molar-refractivity contribution in [2.45, 2.75) is 38.6 Å². The van der Waals surface area contributed by atoms with Gasteiger partial charge in [0, 0.05) is 30.8 Å². The van der Waals surface area contributed by atoms with E-state index in [1.54, 1.807) is 10.6 Å². The van der Waals surface area contributed by atoms with Crippen molar-refractivity contribution in [3.8, 4) is 0 Å². The summed E-state index contributed by atoms with van der Waals surface area (Å²) < 4.78 is 22.6. The summed E-state index contributed by atoms with van der Waals surface area (Å²) in [6, 6.07) is 6.33. The molecule has 3 heterocycles. The van der Waals surface area contributed by atoms with E-state index in [2.05, 4.69) is 17.1 Å². The van der Waals surface area contributed by atoms with Crippen molar-refractivity contribution in [1.29, 1.82) is 0 Å². The molecule has 1 fully saturated rings. The molecule has 0 unspecified atom stereocenters. The lowest BCUT2D eigenvalue weighted by atomic mass is 10.0. The first kappa shape index (κ1) is 16.9. The number of ether oxygens (including phenoxy) is 1. The number of hydrogen-bond acceptors (Lipinski definition) is 4. The van der Waals surface area contributed by atoms with Gasteiger partial charge in [0.1, 0.15) is 11.6 Å². The van der Waals surface area contributed by atoms with Gasteiger partial charge in [-0.15, -0.1) is 10.2 Å². The molecule has 2 aromatic heterocycles. The van der Waals surface area contributed by atoms with Crippen LogP contribution in [0.15, 0.2) is 35.3 Å². The molecule has 0 saturated carbocycles. The zero-order valence-corrected chi connectivity index (χ0v) is 14.7. The number of benzene rings is 1. The minimum Gasteiger partial charge on any atom is -0.381 e. The van der Waals surface area contributed by atoms with Gasteiger partial charge in [-0.05, 0) is 30.5 Å². The maximum Gasteiger partial charge on any atom is 0.296 e. The second kappa shape index (κ2) is 6.99. The molecule has 0 bridgehead atoms. The molecule has 1 aliphatic rings. The molecule has 0 amide bonds. The maximum absolute atomic E-state index is 13.6. The van der Waals surface area contributed by atoms with Crippen LogP contribution in [0.5, 0.6) is 0 Å². The Morgan fingerprint density at radius 1 is 1.35 bits per heavy atom. The van der Waals surface area contributed by atoms with Crippen molar-refractivity contribution in [1.82, 2.24) is 19.2 Å². The van der Waals surface area contributed by atoms with E-state index in [1.807, 2.05) is 16.7 Å². The number of nitrogens with zero attached hydrogens (tertiary/aromatic N) is 4. The SMILES string of the molecule is CCCc1nnc2c(=O)n(Cc3cccc(F)c3)c([C@H]3CCOC3)cn12. The molecule has 1 atom stereocenters. The minimum absolute atomic E-state index is 0.137. The molecule has 1 aliphatic heterocycles. The summed E-state index contributed by atoms with van der Waals surface area (Å²) in [4.78, 5) is 13.1. The highest BCUT2D eigenvalue weighted by molar-refractivity contribution is 5.37. The Bertz CT molecular complexity index is 989. The highest BCUT2D eigenvalue weighted by Crippen LogP contribution is 2.25. The first-order valence-electron chi connectivity index (χ1n) is 8.97. The van der Waals surface area contributed by atoms with Gasteiger partial charge in [0.2, 0.25) is 5.65 Å². The van der Waals surface area contributed by atoms with E-state index in [0.717, 1.165) is 36.3 Å². The summed E-state index contributed by atoms with van der Waals surface area (Å²) in [6.07, 6.45) is 4.50. The van der Waals surface area contributed by atoms with Gasteiger partial charge in [0.25, 0.3) is 5.56 Å². The fourth-order valence-electron chi connectivity index (χ4n) is 3.51. The number of hydrogen-bond donors (Lipinski definition) is 0. The summed E-state index contributed by atoms with van der Waals surface area (Å²) in [5.74, 6) is 0.616. The van der Waals surface area contributed by atoms with Gasteiger partial charge in [0.05, 0.1) is 13.2 Å². The van der Waals surface area contributed by atoms with Crippen molar-refractivity contribution in [3.63, 3.8) is 0 Å². The van der Waals surface area contributed by atoms with Crippen molar-refractivity contribution < 1.29 is 9.13 Å². The summed E-state index contributed by atoms with van der Waals surface area (Å²) in [5, 5.41) is 8.28. The first-order valence-corrected chi connectivity index (χ1v) is 8.97. The largest absolute Gasteiger partial charge is 0.381 e. The number of halogens is 1. The van der Waals surface area contributed by atoms with Crippen LogP contribution in [0.25, 0.3) is 5.65 Å². The average Bonchev–Trinajstić information content (AvgIpc) is 3.28. The number of aromatic nitrogens is 4. The molecule has 0 aliphatic carbocycles. The van der Waals surface area contributed by atoms with Crippen molar-refractivity contribution >= 4 is 5.65 Å². The van der Waals surface area contributed by atoms with Gasteiger partial charge in [-0.2, -0.15) is 0 Å². The minimum atomic E-state index is -0.310. The van der Waals surface area contributed by atoms with E-state index in [1.165, 1.54) is 12.1 Å². The molecule has 0 N–H and O–H groups in total. The topological polar surface area (TPSA) is 61.4 Å². The van der Waals surface area contributed by atoms with Gasteiger partial charge >= 0.3 is 0 Å². The fraction of sp³-hybridized carbons (Fsp3) is 0.421. The number of fused-ring (bicyclic) bond motifs is 1. The molecular weight excluding hydrogens is 335 g/mol. The van der Waals surface area contributed by atoms with E-state index in [9.17, 15) is 9.18 Å². The van der Waals surface area contributed by atoms with Crippen LogP contribution >= 0.6 is 0 Å². The highest BCUT2D eigenvalue weighted by atomic mass is 19.1. The smallest absolute Gasteiger partial charge is 0.296 e. The summed E-state index contributed by atoms with van der Waals surface area (Å²) in [7, 11) is 0. The number of aryl methyl sites for hydroxylation is 1. The average molecular weight is 356 g/mol. The Balaban J connectivity index is 1.87. The zero-order valence-electron chi connectivity index (χ0n) is 14.7. The van der Waals surface area contributed by atoms with Crippen LogP contribution in [0.2, 0.25) is 0 Å². The molecule has 0 spiro atoms. The van der Waals surface area contributed by atoms with Crippen LogP contribution in [0.1, 0.15) is 42.8 Å². The highest BCUT2D eigenvalue weighted by Gasteiger charge is 2.24. The van der Waals surface area contributed by atoms with Gasteiger partial charge in [0.15, 0.2) is 0 Å². The van der Waals surface area contributed by atoms with Gasteiger partial charge in [-0.1, -0.05) is 19.1 Å². The summed E-state index contributed by atoms with van der Waals surface area (Å²) in [5.41, 5.74) is 1.74. The van der Waals surface area contributed by atoms with Crippen LogP contribution in [0, 0.1) is 5.82 Å². The molecular formula is C19H21FN4O2. The van der Waals surface area contributed by atoms with E-state index < -0.39 is 0 Å². The Morgan fingerprint density at radius 3 is 2.96 bits per heavy atom. The molecule has 7 heteroatoms. The zero-order chi connectivity index (χ0) is 18.1. The van der Waals surface area contributed by atoms with Crippen LogP contribution in [-0.2, 0) is 17.7 Å². The lowest BCUT2D eigenvalue weighted by molar-refractivity contribution is 0.193. The third kappa shape index (κ3) is 3.03. The van der Waals surface area contributed by atoms with E-state index in [4.69, 9.17) is 4.74 Å². The van der Waals surface area contributed by atoms with Crippen molar-refractivity contribution in [2.75, 3.05) is 13.2 Å². The van der Waals surface area contributed by atoms with E-state index >= 15 is 0 Å². The van der Waals surface area contributed by atoms with Crippen molar-refractivity contribution in [3.05, 3.63) is 63.7 Å². The standard InChI is InChI=1S/C19H21FN4O2/c1-2-4-17-21-22-18-19(25)23(10-13-5-3-6-15(20)9-13)16(11-24(17)18)14-7-8-26-12-14/h3,5-6,9,11,14H,2,4,7-8,10,12H2,1H3/t14-/m0/s1. The number of rotatable bonds is 5. The lowest BCUT2D eigenvalue weighted by Crippen LogP contribution is -2.28. The van der Waals surface area contributed by atoms with Gasteiger partial charge in [-0.3, -0.25) is 9.20 Å². The van der Waals surface area contributed by atoms with E-state index in [-0.39, 0.29) is 17.3 Å². The summed E-state index contributed by atoms with van der Waals surface area (Å²) in [6.45, 7) is 3.63. The molecule has 1 saturated heterocycles. The van der Waals surface area contributed by atoms with Crippen LogP contribution in [-0.4, -0.2) is 32.4 Å². The molecule has 136 valence electrons. The molecule has 6 nitrogen and oxygen atoms in total. The molecule has 4 rings (SSSR count). The molecule has 1 aromatic carbocycles. The van der Waals surface area contributed by atoms with Gasteiger partial charge < -0.3 is 9.30 Å². The van der Waals surface area contributed by atoms with Crippen LogP contribution in [0.4, 0.5) is 4.39 Å². The second-order valence-electron chi connectivity index (χ2n) is 6.70. The third-order valence-corrected chi connectivity index (χ3v) is 4.83. The Kier molecular flexibility index (Phi) is 4.55. The lowest BCUT2D eigenvalue weighted by Gasteiger charge is -2.18. The summed E-state index contributed by atoms with van der Waals surface area (Å²) >= 11 is 0. The second-order valence-corrected chi connectivity index (χ2v) is 6.70. The van der Waals surface area contributed by atoms with Crippen molar-refractivity contribution in [2.24, 2.45) is 0 Å². The molecule has 3 aromatic rings. The third-order valence-electron chi connectivity index (χ3n) is 4.83. The fourth-order valence-corrected chi connectivity index (χ4v) is 3.51.